The van der Waals surface area contributed by atoms with Gasteiger partial charge in [0.2, 0.25) is 0 Å². The number of pyridine rings is 1. The minimum Gasteiger partial charge on any atom is -0.382 e. The van der Waals surface area contributed by atoms with E-state index < -0.39 is 0 Å². The van der Waals surface area contributed by atoms with Gasteiger partial charge in [-0.15, -0.1) is 0 Å². The van der Waals surface area contributed by atoms with Gasteiger partial charge < -0.3 is 10.1 Å². The second kappa shape index (κ2) is 5.36. The molecule has 0 aliphatic carbocycles. The molecule has 1 saturated heterocycles. The molecule has 0 amide bonds. The average Bonchev–Trinajstić information content (AvgIpc) is 2.68. The summed E-state index contributed by atoms with van der Waals surface area (Å²) in [4.78, 5) is 4.17. The number of hydrogen-bond donors (Lipinski definition) is 1. The van der Waals surface area contributed by atoms with E-state index in [1.54, 1.807) is 0 Å². The molecular weight excluding hydrogens is 224 g/mol. The van der Waals surface area contributed by atoms with Crippen LogP contribution in [0.5, 0.6) is 0 Å². The molecule has 3 nitrogen and oxygen atoms in total. The molecular formula is C15H18N2O. The monoisotopic (exact) mass is 242 g/mol. The summed E-state index contributed by atoms with van der Waals surface area (Å²) in [6.45, 7) is 1.77. The fraction of sp³-hybridized carbons (Fsp3) is 0.400. The quantitative estimate of drug-likeness (QED) is 0.878. The number of aromatic nitrogens is 1. The highest BCUT2D eigenvalue weighted by atomic mass is 16.5. The Bertz CT molecular complexity index is 513. The van der Waals surface area contributed by atoms with Gasteiger partial charge in [0.1, 0.15) is 0 Å². The Balaban J connectivity index is 1.85. The van der Waals surface area contributed by atoms with E-state index in [-0.39, 0.29) is 0 Å². The van der Waals surface area contributed by atoms with Crippen molar-refractivity contribution in [2.75, 3.05) is 18.5 Å². The second-order valence-electron chi connectivity index (χ2n) is 4.79. The zero-order valence-corrected chi connectivity index (χ0v) is 10.4. The van der Waals surface area contributed by atoms with E-state index in [0.717, 1.165) is 26.1 Å². The van der Waals surface area contributed by atoms with Crippen molar-refractivity contribution in [2.45, 2.75) is 25.3 Å². The lowest BCUT2D eigenvalue weighted by Crippen LogP contribution is -2.19. The first-order chi connectivity index (χ1) is 8.93. The van der Waals surface area contributed by atoms with Gasteiger partial charge in [0.05, 0.1) is 0 Å². The van der Waals surface area contributed by atoms with Crippen LogP contribution >= 0.6 is 0 Å². The number of anilines is 1. The molecule has 3 heteroatoms. The zero-order valence-electron chi connectivity index (χ0n) is 10.4. The summed E-state index contributed by atoms with van der Waals surface area (Å²) in [6.07, 6.45) is 7.17. The number of ether oxygens (including phenoxy) is 1. The Morgan fingerprint density at radius 3 is 3.17 bits per heavy atom. The molecule has 1 N–H and O–H groups in total. The molecule has 1 unspecified atom stereocenters. The molecule has 0 spiro atoms. The largest absolute Gasteiger partial charge is 0.382 e. The van der Waals surface area contributed by atoms with Gasteiger partial charge in [-0.3, -0.25) is 4.98 Å². The lowest BCUT2D eigenvalue weighted by atomic mass is 10.1. The molecule has 2 aromatic rings. The van der Waals surface area contributed by atoms with Crippen molar-refractivity contribution >= 4 is 16.5 Å². The molecule has 2 heterocycles. The standard InChI is InChI=1S/C15H18N2O/c1-3-12-11-16-8-6-14(12)15(5-1)17-13-4-2-9-18-10-7-13/h1,3,5-6,8,11,13,17H,2,4,7,9-10H2. The van der Waals surface area contributed by atoms with E-state index in [4.69, 9.17) is 4.74 Å². The molecule has 1 aromatic carbocycles. The molecule has 0 radical (unpaired) electrons. The smallest absolute Gasteiger partial charge is 0.0485 e. The summed E-state index contributed by atoms with van der Waals surface area (Å²) >= 11 is 0. The van der Waals surface area contributed by atoms with Crippen LogP contribution in [0.25, 0.3) is 10.8 Å². The Kier molecular flexibility index (Phi) is 3.42. The first-order valence-corrected chi connectivity index (χ1v) is 6.60. The first-order valence-electron chi connectivity index (χ1n) is 6.60. The fourth-order valence-electron chi connectivity index (χ4n) is 2.52. The van der Waals surface area contributed by atoms with Crippen molar-refractivity contribution in [1.82, 2.24) is 4.98 Å². The fourth-order valence-corrected chi connectivity index (χ4v) is 2.52. The van der Waals surface area contributed by atoms with Gasteiger partial charge in [-0.2, -0.15) is 0 Å². The molecule has 1 fully saturated rings. The molecule has 0 saturated carbocycles. The maximum Gasteiger partial charge on any atom is 0.0485 e. The number of benzene rings is 1. The Morgan fingerprint density at radius 1 is 1.17 bits per heavy atom. The van der Waals surface area contributed by atoms with Crippen molar-refractivity contribution < 1.29 is 4.74 Å². The SMILES string of the molecule is c1cc(NC2CCCOCC2)c2ccncc2c1. The van der Waals surface area contributed by atoms with Crippen LogP contribution in [0.15, 0.2) is 36.7 Å². The van der Waals surface area contributed by atoms with Gasteiger partial charge in [-0.1, -0.05) is 12.1 Å². The highest BCUT2D eigenvalue weighted by molar-refractivity contribution is 5.93. The summed E-state index contributed by atoms with van der Waals surface area (Å²) in [5.41, 5.74) is 1.21. The van der Waals surface area contributed by atoms with Crippen LogP contribution in [0.1, 0.15) is 19.3 Å². The summed E-state index contributed by atoms with van der Waals surface area (Å²) < 4.78 is 5.50. The van der Waals surface area contributed by atoms with Crippen LogP contribution in [0.4, 0.5) is 5.69 Å². The summed E-state index contributed by atoms with van der Waals surface area (Å²) in [6, 6.07) is 8.92. The van der Waals surface area contributed by atoms with Gasteiger partial charge in [0, 0.05) is 48.1 Å². The van der Waals surface area contributed by atoms with E-state index in [9.17, 15) is 0 Å². The maximum absolute atomic E-state index is 5.50. The van der Waals surface area contributed by atoms with Crippen LogP contribution in [-0.2, 0) is 4.74 Å². The van der Waals surface area contributed by atoms with Crippen LogP contribution < -0.4 is 5.32 Å². The van der Waals surface area contributed by atoms with E-state index in [0.29, 0.717) is 6.04 Å². The van der Waals surface area contributed by atoms with E-state index in [1.165, 1.54) is 22.9 Å². The van der Waals surface area contributed by atoms with Crippen LogP contribution in [0, 0.1) is 0 Å². The number of nitrogens with zero attached hydrogens (tertiary/aromatic N) is 1. The molecule has 1 aliphatic rings. The van der Waals surface area contributed by atoms with E-state index in [2.05, 4.69) is 34.6 Å². The third-order valence-corrected chi connectivity index (χ3v) is 3.49. The zero-order chi connectivity index (χ0) is 12.2. The number of nitrogens with one attached hydrogen (secondary N) is 1. The normalized spacial score (nSPS) is 20.6. The minimum absolute atomic E-state index is 0.520. The number of fused-ring (bicyclic) bond motifs is 1. The molecule has 0 bridgehead atoms. The molecule has 1 atom stereocenters. The molecule has 1 aromatic heterocycles. The summed E-state index contributed by atoms with van der Waals surface area (Å²) in [7, 11) is 0. The topological polar surface area (TPSA) is 34.1 Å². The lowest BCUT2D eigenvalue weighted by molar-refractivity contribution is 0.144. The van der Waals surface area contributed by atoms with Crippen LogP contribution in [-0.4, -0.2) is 24.2 Å². The predicted octanol–water partition coefficient (Wildman–Crippen LogP) is 3.22. The third kappa shape index (κ3) is 2.46. The first kappa shape index (κ1) is 11.5. The average molecular weight is 242 g/mol. The third-order valence-electron chi connectivity index (χ3n) is 3.49. The molecule has 18 heavy (non-hydrogen) atoms. The highest BCUT2D eigenvalue weighted by Gasteiger charge is 2.13. The summed E-state index contributed by atoms with van der Waals surface area (Å²) in [5, 5.41) is 6.09. The number of hydrogen-bond acceptors (Lipinski definition) is 3. The van der Waals surface area contributed by atoms with Crippen molar-refractivity contribution in [3.63, 3.8) is 0 Å². The molecule has 1 aliphatic heterocycles. The van der Waals surface area contributed by atoms with Crippen molar-refractivity contribution in [3.05, 3.63) is 36.7 Å². The van der Waals surface area contributed by atoms with Crippen LogP contribution in [0.2, 0.25) is 0 Å². The van der Waals surface area contributed by atoms with E-state index >= 15 is 0 Å². The predicted molar refractivity (Wildman–Crippen MR) is 73.8 cm³/mol. The highest BCUT2D eigenvalue weighted by Crippen LogP contribution is 2.24. The van der Waals surface area contributed by atoms with Crippen molar-refractivity contribution in [2.24, 2.45) is 0 Å². The maximum atomic E-state index is 5.50. The van der Waals surface area contributed by atoms with Gasteiger partial charge in [-0.05, 0) is 31.4 Å². The van der Waals surface area contributed by atoms with Gasteiger partial charge in [-0.25, -0.2) is 0 Å². The summed E-state index contributed by atoms with van der Waals surface area (Å²) in [5.74, 6) is 0. The molecule has 3 rings (SSSR count). The van der Waals surface area contributed by atoms with Crippen LogP contribution in [0.3, 0.4) is 0 Å². The molecule has 94 valence electrons. The van der Waals surface area contributed by atoms with Gasteiger partial charge in [0.25, 0.3) is 0 Å². The Hall–Kier alpha value is -1.61. The van der Waals surface area contributed by atoms with Crippen molar-refractivity contribution in [1.29, 1.82) is 0 Å². The minimum atomic E-state index is 0.520. The van der Waals surface area contributed by atoms with Crippen molar-refractivity contribution in [3.8, 4) is 0 Å². The second-order valence-corrected chi connectivity index (χ2v) is 4.79. The Morgan fingerprint density at radius 2 is 2.17 bits per heavy atom. The van der Waals surface area contributed by atoms with Gasteiger partial charge >= 0.3 is 0 Å². The Labute approximate surface area is 107 Å². The van der Waals surface area contributed by atoms with Gasteiger partial charge in [0.15, 0.2) is 0 Å². The number of rotatable bonds is 2. The lowest BCUT2D eigenvalue weighted by Gasteiger charge is -2.18. The van der Waals surface area contributed by atoms with E-state index in [1.807, 2.05) is 12.4 Å².